The summed E-state index contributed by atoms with van der Waals surface area (Å²) in [5.74, 6) is 3.23. The van der Waals surface area contributed by atoms with Crippen molar-refractivity contribution < 1.29 is 13.9 Å². The lowest BCUT2D eigenvalue weighted by molar-refractivity contribution is -0.0138. The monoisotopic (exact) mass is 318 g/mol. The van der Waals surface area contributed by atoms with Crippen LogP contribution in [0.3, 0.4) is 0 Å². The number of furan rings is 1. The second kappa shape index (κ2) is 5.86. The van der Waals surface area contributed by atoms with Crippen molar-refractivity contribution in [2.45, 2.75) is 50.2 Å². The second-order valence-electron chi connectivity index (χ2n) is 7.77. The van der Waals surface area contributed by atoms with E-state index in [9.17, 15) is 4.79 Å². The van der Waals surface area contributed by atoms with Gasteiger partial charge in [0.05, 0.1) is 12.8 Å². The third kappa shape index (κ3) is 2.99. The van der Waals surface area contributed by atoms with Gasteiger partial charge in [0, 0.05) is 12.6 Å². The summed E-state index contributed by atoms with van der Waals surface area (Å²) in [6.45, 7) is 0.419. The Kier molecular flexibility index (Phi) is 3.84. The predicted octanol–water partition coefficient (Wildman–Crippen LogP) is 3.24. The number of amides is 2. The largest absolute Gasteiger partial charge is 0.467 e. The van der Waals surface area contributed by atoms with Crippen molar-refractivity contribution >= 4 is 6.03 Å². The van der Waals surface area contributed by atoms with Gasteiger partial charge in [0.2, 0.25) is 0 Å². The number of nitrogens with one attached hydrogen (secondary N) is 2. The Morgan fingerprint density at radius 3 is 2.48 bits per heavy atom. The Morgan fingerprint density at radius 2 is 1.96 bits per heavy atom. The topological polar surface area (TPSA) is 63.5 Å². The van der Waals surface area contributed by atoms with Crippen molar-refractivity contribution in [3.63, 3.8) is 0 Å². The Morgan fingerprint density at radius 1 is 1.30 bits per heavy atom. The summed E-state index contributed by atoms with van der Waals surface area (Å²) in [5.41, 5.74) is 0.0477. The van der Waals surface area contributed by atoms with Crippen molar-refractivity contribution in [2.75, 3.05) is 13.7 Å². The smallest absolute Gasteiger partial charge is 0.315 e. The molecule has 0 saturated heterocycles. The molecule has 5 heteroatoms. The van der Waals surface area contributed by atoms with Crippen LogP contribution in [-0.2, 0) is 4.74 Å². The first-order chi connectivity index (χ1) is 11.2. The van der Waals surface area contributed by atoms with E-state index in [2.05, 4.69) is 10.6 Å². The van der Waals surface area contributed by atoms with Crippen molar-refractivity contribution in [1.29, 1.82) is 0 Å². The minimum atomic E-state index is -0.243. The highest BCUT2D eigenvalue weighted by Crippen LogP contribution is 2.55. The molecule has 4 bridgehead atoms. The predicted molar refractivity (Wildman–Crippen MR) is 85.9 cm³/mol. The summed E-state index contributed by atoms with van der Waals surface area (Å²) in [5, 5.41) is 6.27. The Bertz CT molecular complexity index is 519. The van der Waals surface area contributed by atoms with E-state index < -0.39 is 0 Å². The lowest BCUT2D eigenvalue weighted by Crippen LogP contribution is -2.61. The van der Waals surface area contributed by atoms with Crippen molar-refractivity contribution in [3.05, 3.63) is 24.2 Å². The molecule has 0 aromatic carbocycles. The van der Waals surface area contributed by atoms with Crippen LogP contribution < -0.4 is 10.6 Å². The van der Waals surface area contributed by atoms with E-state index >= 15 is 0 Å². The summed E-state index contributed by atoms with van der Waals surface area (Å²) in [4.78, 5) is 12.4. The summed E-state index contributed by atoms with van der Waals surface area (Å²) in [6, 6.07) is 3.63. The van der Waals surface area contributed by atoms with Gasteiger partial charge in [-0.1, -0.05) is 0 Å². The number of rotatable bonds is 5. The fraction of sp³-hybridized carbons (Fsp3) is 0.722. The standard InChI is InChI=1S/C18H26N2O3/c1-22-16(15-3-2-4-23-15)11-19-17(21)20-18-8-12-5-13(9-18)7-14(6-12)10-18/h2-4,12-14,16H,5-11H2,1H3,(H2,19,20,21). The third-order valence-corrected chi connectivity index (χ3v) is 6.01. The minimum absolute atomic E-state index is 0.0477. The quantitative estimate of drug-likeness (QED) is 0.876. The van der Waals surface area contributed by atoms with E-state index in [0.29, 0.717) is 6.54 Å². The maximum absolute atomic E-state index is 12.4. The van der Waals surface area contributed by atoms with Crippen LogP contribution in [0.25, 0.3) is 0 Å². The second-order valence-corrected chi connectivity index (χ2v) is 7.77. The first-order valence-corrected chi connectivity index (χ1v) is 8.78. The zero-order valence-corrected chi connectivity index (χ0v) is 13.7. The van der Waals surface area contributed by atoms with Gasteiger partial charge in [-0.3, -0.25) is 0 Å². The average molecular weight is 318 g/mol. The van der Waals surface area contributed by atoms with Gasteiger partial charge in [-0.2, -0.15) is 0 Å². The molecule has 2 N–H and O–H groups in total. The molecule has 5 nitrogen and oxygen atoms in total. The summed E-state index contributed by atoms with van der Waals surface area (Å²) in [7, 11) is 1.63. The van der Waals surface area contributed by atoms with Crippen LogP contribution in [-0.4, -0.2) is 25.2 Å². The fourth-order valence-electron chi connectivity index (χ4n) is 5.51. The zero-order chi connectivity index (χ0) is 15.9. The highest BCUT2D eigenvalue weighted by Gasteiger charge is 2.51. The molecule has 0 radical (unpaired) electrons. The number of methoxy groups -OCH3 is 1. The average Bonchev–Trinajstić information content (AvgIpc) is 3.00. The van der Waals surface area contributed by atoms with Gasteiger partial charge in [-0.15, -0.1) is 0 Å². The molecule has 4 fully saturated rings. The van der Waals surface area contributed by atoms with E-state index in [4.69, 9.17) is 9.15 Å². The molecule has 1 aromatic heterocycles. The summed E-state index contributed by atoms with van der Waals surface area (Å²) in [6.07, 6.45) is 9.02. The Hall–Kier alpha value is -1.49. The van der Waals surface area contributed by atoms with Crippen LogP contribution >= 0.6 is 0 Å². The molecule has 4 saturated carbocycles. The molecule has 4 aliphatic rings. The van der Waals surface area contributed by atoms with E-state index in [-0.39, 0.29) is 17.7 Å². The van der Waals surface area contributed by atoms with Crippen LogP contribution in [0.15, 0.2) is 22.8 Å². The Balaban J connectivity index is 1.33. The van der Waals surface area contributed by atoms with Gasteiger partial charge < -0.3 is 19.8 Å². The molecular weight excluding hydrogens is 292 g/mol. The molecule has 5 rings (SSSR count). The number of carbonyl (C=O) groups excluding carboxylic acids is 1. The lowest BCUT2D eigenvalue weighted by Gasteiger charge is -2.56. The van der Waals surface area contributed by atoms with E-state index in [0.717, 1.165) is 23.5 Å². The maximum atomic E-state index is 12.4. The number of urea groups is 1. The summed E-state index contributed by atoms with van der Waals surface area (Å²) >= 11 is 0. The van der Waals surface area contributed by atoms with Gasteiger partial charge in [-0.05, 0) is 68.4 Å². The highest BCUT2D eigenvalue weighted by molar-refractivity contribution is 5.75. The fourth-order valence-corrected chi connectivity index (χ4v) is 5.51. The van der Waals surface area contributed by atoms with Crippen molar-refractivity contribution in [2.24, 2.45) is 17.8 Å². The van der Waals surface area contributed by atoms with Gasteiger partial charge in [-0.25, -0.2) is 4.79 Å². The zero-order valence-electron chi connectivity index (χ0n) is 13.7. The van der Waals surface area contributed by atoms with Crippen molar-refractivity contribution in [1.82, 2.24) is 10.6 Å². The normalized spacial score (nSPS) is 36.0. The molecule has 1 aromatic rings. The number of hydrogen-bond acceptors (Lipinski definition) is 3. The van der Waals surface area contributed by atoms with Crippen LogP contribution in [0, 0.1) is 17.8 Å². The minimum Gasteiger partial charge on any atom is -0.467 e. The lowest BCUT2D eigenvalue weighted by atomic mass is 9.53. The van der Waals surface area contributed by atoms with Gasteiger partial charge >= 0.3 is 6.03 Å². The SMILES string of the molecule is COC(CNC(=O)NC12CC3CC(CC(C3)C1)C2)c1ccco1. The van der Waals surface area contributed by atoms with Crippen LogP contribution in [0.2, 0.25) is 0 Å². The highest BCUT2D eigenvalue weighted by atomic mass is 16.5. The molecule has 4 aliphatic carbocycles. The molecule has 0 aliphatic heterocycles. The molecule has 1 atom stereocenters. The van der Waals surface area contributed by atoms with E-state index in [1.54, 1.807) is 13.4 Å². The molecule has 1 unspecified atom stereocenters. The maximum Gasteiger partial charge on any atom is 0.315 e. The number of carbonyl (C=O) groups is 1. The molecule has 2 amide bonds. The first-order valence-electron chi connectivity index (χ1n) is 8.78. The van der Waals surface area contributed by atoms with Crippen LogP contribution in [0.5, 0.6) is 0 Å². The van der Waals surface area contributed by atoms with Gasteiger partial charge in [0.1, 0.15) is 11.9 Å². The van der Waals surface area contributed by atoms with Gasteiger partial charge in [0.15, 0.2) is 0 Å². The third-order valence-electron chi connectivity index (χ3n) is 6.01. The van der Waals surface area contributed by atoms with E-state index in [1.165, 1.54) is 38.5 Å². The van der Waals surface area contributed by atoms with Crippen LogP contribution in [0.4, 0.5) is 4.79 Å². The molecule has 0 spiro atoms. The number of ether oxygens (including phenoxy) is 1. The van der Waals surface area contributed by atoms with Crippen LogP contribution in [0.1, 0.15) is 50.4 Å². The summed E-state index contributed by atoms with van der Waals surface area (Å²) < 4.78 is 10.8. The molecule has 23 heavy (non-hydrogen) atoms. The van der Waals surface area contributed by atoms with Crippen molar-refractivity contribution in [3.8, 4) is 0 Å². The first kappa shape index (κ1) is 15.1. The molecule has 126 valence electrons. The number of hydrogen-bond donors (Lipinski definition) is 2. The molecular formula is C18H26N2O3. The molecule has 1 heterocycles. The Labute approximate surface area is 137 Å². The van der Waals surface area contributed by atoms with Gasteiger partial charge in [0.25, 0.3) is 0 Å². The van der Waals surface area contributed by atoms with E-state index in [1.807, 2.05) is 12.1 Å².